The van der Waals surface area contributed by atoms with Crippen LogP contribution < -0.4 is 10.1 Å². The normalized spacial score (nSPS) is 12.3. The largest absolute Gasteiger partial charge is 0.494 e. The third-order valence-electron chi connectivity index (χ3n) is 3.83. The predicted molar refractivity (Wildman–Crippen MR) is 92.0 cm³/mol. The van der Waals surface area contributed by atoms with Crippen LogP contribution in [0.5, 0.6) is 5.75 Å². The van der Waals surface area contributed by atoms with Crippen LogP contribution in [0.4, 0.5) is 0 Å². The third-order valence-corrected chi connectivity index (χ3v) is 3.83. The van der Waals surface area contributed by atoms with E-state index in [1.165, 1.54) is 50.5 Å². The SMILES string of the molecule is CCCCCCCC(NCCC)c1ccccc1OCC. The van der Waals surface area contributed by atoms with Crippen LogP contribution in [0.2, 0.25) is 0 Å². The minimum Gasteiger partial charge on any atom is -0.494 e. The van der Waals surface area contributed by atoms with Gasteiger partial charge in [-0.25, -0.2) is 0 Å². The Labute approximate surface area is 131 Å². The molecule has 1 unspecified atom stereocenters. The van der Waals surface area contributed by atoms with E-state index in [4.69, 9.17) is 4.74 Å². The van der Waals surface area contributed by atoms with Gasteiger partial charge in [0, 0.05) is 11.6 Å². The van der Waals surface area contributed by atoms with E-state index in [9.17, 15) is 0 Å². The Hall–Kier alpha value is -1.02. The fourth-order valence-electron chi connectivity index (χ4n) is 2.69. The molecule has 1 atom stereocenters. The van der Waals surface area contributed by atoms with Crippen LogP contribution in [-0.4, -0.2) is 13.2 Å². The Morgan fingerprint density at radius 3 is 2.43 bits per heavy atom. The molecule has 21 heavy (non-hydrogen) atoms. The first-order valence-corrected chi connectivity index (χ1v) is 8.78. The van der Waals surface area contributed by atoms with Crippen molar-refractivity contribution in [3.05, 3.63) is 29.8 Å². The van der Waals surface area contributed by atoms with E-state index in [1.807, 2.05) is 0 Å². The molecule has 0 amide bonds. The van der Waals surface area contributed by atoms with Gasteiger partial charge in [-0.15, -0.1) is 0 Å². The molecule has 0 spiro atoms. The summed E-state index contributed by atoms with van der Waals surface area (Å²) in [7, 11) is 0. The standard InChI is InChI=1S/C19H33NO/c1-4-7-8-9-10-14-18(20-16-5-2)17-13-11-12-15-19(17)21-6-3/h11-13,15,18,20H,4-10,14,16H2,1-3H3. The van der Waals surface area contributed by atoms with Crippen molar-refractivity contribution in [2.45, 2.75) is 71.8 Å². The summed E-state index contributed by atoms with van der Waals surface area (Å²) in [5.74, 6) is 1.04. The van der Waals surface area contributed by atoms with Gasteiger partial charge in [0.15, 0.2) is 0 Å². The number of hydrogen-bond acceptors (Lipinski definition) is 2. The first-order chi connectivity index (χ1) is 10.3. The zero-order chi connectivity index (χ0) is 15.3. The average Bonchev–Trinajstić information content (AvgIpc) is 2.51. The molecule has 1 N–H and O–H groups in total. The Morgan fingerprint density at radius 1 is 0.952 bits per heavy atom. The van der Waals surface area contributed by atoms with E-state index < -0.39 is 0 Å². The maximum Gasteiger partial charge on any atom is 0.124 e. The molecule has 0 saturated carbocycles. The topological polar surface area (TPSA) is 21.3 Å². The second-order valence-electron chi connectivity index (χ2n) is 5.68. The predicted octanol–water partition coefficient (Wildman–Crippen LogP) is 5.49. The van der Waals surface area contributed by atoms with Crippen LogP contribution in [0.25, 0.3) is 0 Å². The average molecular weight is 291 g/mol. The van der Waals surface area contributed by atoms with Crippen LogP contribution in [-0.2, 0) is 0 Å². The molecule has 2 nitrogen and oxygen atoms in total. The fraction of sp³-hybridized carbons (Fsp3) is 0.684. The molecular formula is C19H33NO. The lowest BCUT2D eigenvalue weighted by atomic mass is 9.98. The number of rotatable bonds is 12. The number of nitrogens with one attached hydrogen (secondary N) is 1. The fourth-order valence-corrected chi connectivity index (χ4v) is 2.69. The summed E-state index contributed by atoms with van der Waals surface area (Å²) in [5, 5.41) is 3.70. The van der Waals surface area contributed by atoms with Gasteiger partial charge in [-0.2, -0.15) is 0 Å². The van der Waals surface area contributed by atoms with Gasteiger partial charge in [0.05, 0.1) is 6.61 Å². The second kappa shape index (κ2) is 11.6. The molecule has 0 radical (unpaired) electrons. The molecule has 1 aromatic carbocycles. The molecule has 2 heteroatoms. The molecule has 0 aliphatic carbocycles. The van der Waals surface area contributed by atoms with E-state index in [0.29, 0.717) is 6.04 Å². The summed E-state index contributed by atoms with van der Waals surface area (Å²) in [5.41, 5.74) is 1.32. The molecular weight excluding hydrogens is 258 g/mol. The van der Waals surface area contributed by atoms with Gasteiger partial charge in [0.2, 0.25) is 0 Å². The highest BCUT2D eigenvalue weighted by atomic mass is 16.5. The Bertz CT molecular complexity index is 364. The maximum absolute atomic E-state index is 5.80. The molecule has 0 aliphatic rings. The Kier molecular flexibility index (Phi) is 9.98. The van der Waals surface area contributed by atoms with E-state index in [1.54, 1.807) is 0 Å². The molecule has 1 rings (SSSR count). The summed E-state index contributed by atoms with van der Waals surface area (Å²) in [6.45, 7) is 8.34. The van der Waals surface area contributed by atoms with Gasteiger partial charge in [-0.1, -0.05) is 64.2 Å². The summed E-state index contributed by atoms with van der Waals surface area (Å²) in [6.07, 6.45) is 9.05. The van der Waals surface area contributed by atoms with Gasteiger partial charge >= 0.3 is 0 Å². The van der Waals surface area contributed by atoms with Gasteiger partial charge in [-0.3, -0.25) is 0 Å². The van der Waals surface area contributed by atoms with Crippen molar-refractivity contribution in [3.63, 3.8) is 0 Å². The smallest absolute Gasteiger partial charge is 0.124 e. The van der Waals surface area contributed by atoms with Gasteiger partial charge in [-0.05, 0) is 32.4 Å². The van der Waals surface area contributed by atoms with Gasteiger partial charge in [0.1, 0.15) is 5.75 Å². The first-order valence-electron chi connectivity index (χ1n) is 8.78. The van der Waals surface area contributed by atoms with Crippen LogP contribution in [0.1, 0.15) is 77.3 Å². The van der Waals surface area contributed by atoms with Crippen molar-refractivity contribution < 1.29 is 4.74 Å². The lowest BCUT2D eigenvalue weighted by Crippen LogP contribution is -2.22. The number of unbranched alkanes of at least 4 members (excludes halogenated alkanes) is 4. The molecule has 0 saturated heterocycles. The Morgan fingerprint density at radius 2 is 1.71 bits per heavy atom. The number of hydrogen-bond donors (Lipinski definition) is 1. The molecule has 0 fully saturated rings. The zero-order valence-corrected chi connectivity index (χ0v) is 14.2. The summed E-state index contributed by atoms with van der Waals surface area (Å²) < 4.78 is 5.80. The second-order valence-corrected chi connectivity index (χ2v) is 5.68. The molecule has 1 aromatic rings. The highest BCUT2D eigenvalue weighted by Crippen LogP contribution is 2.29. The highest BCUT2D eigenvalue weighted by molar-refractivity contribution is 5.36. The van der Waals surface area contributed by atoms with Crippen molar-refractivity contribution in [1.82, 2.24) is 5.32 Å². The van der Waals surface area contributed by atoms with Crippen molar-refractivity contribution in [3.8, 4) is 5.75 Å². The summed E-state index contributed by atoms with van der Waals surface area (Å²) in [6, 6.07) is 8.91. The lowest BCUT2D eigenvalue weighted by Gasteiger charge is -2.21. The van der Waals surface area contributed by atoms with Crippen LogP contribution in [0, 0.1) is 0 Å². The number of para-hydroxylation sites is 1. The quantitative estimate of drug-likeness (QED) is 0.514. The van der Waals surface area contributed by atoms with Crippen LogP contribution in [0.3, 0.4) is 0 Å². The summed E-state index contributed by atoms with van der Waals surface area (Å²) in [4.78, 5) is 0. The van der Waals surface area contributed by atoms with E-state index >= 15 is 0 Å². The van der Waals surface area contributed by atoms with Crippen molar-refractivity contribution in [2.75, 3.05) is 13.2 Å². The van der Waals surface area contributed by atoms with E-state index in [2.05, 4.69) is 50.4 Å². The monoisotopic (exact) mass is 291 g/mol. The zero-order valence-electron chi connectivity index (χ0n) is 14.2. The minimum absolute atomic E-state index is 0.425. The molecule has 0 aromatic heterocycles. The molecule has 0 heterocycles. The highest BCUT2D eigenvalue weighted by Gasteiger charge is 2.14. The first kappa shape index (κ1) is 18.0. The summed E-state index contributed by atoms with van der Waals surface area (Å²) >= 11 is 0. The number of ether oxygens (including phenoxy) is 1. The molecule has 0 aliphatic heterocycles. The van der Waals surface area contributed by atoms with E-state index in [0.717, 1.165) is 18.9 Å². The van der Waals surface area contributed by atoms with Crippen LogP contribution in [0.15, 0.2) is 24.3 Å². The van der Waals surface area contributed by atoms with Crippen molar-refractivity contribution in [1.29, 1.82) is 0 Å². The van der Waals surface area contributed by atoms with E-state index in [-0.39, 0.29) is 0 Å². The molecule has 0 bridgehead atoms. The van der Waals surface area contributed by atoms with Crippen molar-refractivity contribution >= 4 is 0 Å². The van der Waals surface area contributed by atoms with Crippen molar-refractivity contribution in [2.24, 2.45) is 0 Å². The van der Waals surface area contributed by atoms with Gasteiger partial charge < -0.3 is 10.1 Å². The van der Waals surface area contributed by atoms with Crippen LogP contribution >= 0.6 is 0 Å². The molecule has 120 valence electrons. The third kappa shape index (κ3) is 6.99. The van der Waals surface area contributed by atoms with Gasteiger partial charge in [0.25, 0.3) is 0 Å². The number of benzene rings is 1. The minimum atomic E-state index is 0.425. The Balaban J connectivity index is 2.63. The lowest BCUT2D eigenvalue weighted by molar-refractivity contribution is 0.329. The maximum atomic E-state index is 5.80.